The minimum Gasteiger partial charge on any atom is -0.326 e. The van der Waals surface area contributed by atoms with Crippen LogP contribution in [0, 0.1) is 5.92 Å². The highest BCUT2D eigenvalue weighted by Gasteiger charge is 2.17. The van der Waals surface area contributed by atoms with Crippen LogP contribution in [0.3, 0.4) is 0 Å². The van der Waals surface area contributed by atoms with Crippen molar-refractivity contribution in [2.75, 3.05) is 6.54 Å². The first-order valence-corrected chi connectivity index (χ1v) is 8.28. The SMILES string of the molecule is CC(C)CN(Cc1c(CN)sc2ccccc12)C(C)C. The molecule has 0 bridgehead atoms. The Hall–Kier alpha value is -0.900. The second-order valence-corrected chi connectivity index (χ2v) is 7.26. The molecule has 0 radical (unpaired) electrons. The summed E-state index contributed by atoms with van der Waals surface area (Å²) in [6.45, 7) is 11.9. The maximum Gasteiger partial charge on any atom is 0.0349 e. The fourth-order valence-corrected chi connectivity index (χ4v) is 3.71. The van der Waals surface area contributed by atoms with Crippen molar-refractivity contribution in [2.45, 2.75) is 46.8 Å². The largest absolute Gasteiger partial charge is 0.326 e. The molecule has 2 aromatic rings. The van der Waals surface area contributed by atoms with Gasteiger partial charge in [0.2, 0.25) is 0 Å². The van der Waals surface area contributed by atoms with Crippen molar-refractivity contribution in [1.29, 1.82) is 0 Å². The summed E-state index contributed by atoms with van der Waals surface area (Å²) in [6.07, 6.45) is 0. The van der Waals surface area contributed by atoms with Crippen LogP contribution in [0.2, 0.25) is 0 Å². The van der Waals surface area contributed by atoms with E-state index < -0.39 is 0 Å². The van der Waals surface area contributed by atoms with E-state index in [1.54, 1.807) is 0 Å². The van der Waals surface area contributed by atoms with Crippen molar-refractivity contribution >= 4 is 21.4 Å². The van der Waals surface area contributed by atoms with Crippen LogP contribution in [0.15, 0.2) is 24.3 Å². The molecule has 1 aromatic carbocycles. The number of hydrogen-bond acceptors (Lipinski definition) is 3. The highest BCUT2D eigenvalue weighted by atomic mass is 32.1. The second-order valence-electron chi connectivity index (χ2n) is 6.12. The Balaban J connectivity index is 2.35. The lowest BCUT2D eigenvalue weighted by Gasteiger charge is -2.28. The lowest BCUT2D eigenvalue weighted by molar-refractivity contribution is 0.189. The molecule has 20 heavy (non-hydrogen) atoms. The second kappa shape index (κ2) is 6.70. The van der Waals surface area contributed by atoms with Crippen LogP contribution in [-0.4, -0.2) is 17.5 Å². The Labute approximate surface area is 126 Å². The minimum atomic E-state index is 0.557. The van der Waals surface area contributed by atoms with Gasteiger partial charge in [0.05, 0.1) is 0 Å². The van der Waals surface area contributed by atoms with E-state index in [0.29, 0.717) is 18.5 Å². The topological polar surface area (TPSA) is 29.3 Å². The van der Waals surface area contributed by atoms with Crippen molar-refractivity contribution in [2.24, 2.45) is 11.7 Å². The summed E-state index contributed by atoms with van der Waals surface area (Å²) in [5.74, 6) is 0.684. The molecule has 1 aromatic heterocycles. The fraction of sp³-hybridized carbons (Fsp3) is 0.529. The molecule has 0 aliphatic rings. The molecule has 0 amide bonds. The molecular formula is C17H26N2S. The number of fused-ring (bicyclic) bond motifs is 1. The first-order valence-electron chi connectivity index (χ1n) is 7.46. The van der Waals surface area contributed by atoms with Crippen molar-refractivity contribution in [3.63, 3.8) is 0 Å². The van der Waals surface area contributed by atoms with Gasteiger partial charge in [-0.2, -0.15) is 0 Å². The zero-order valence-corrected chi connectivity index (χ0v) is 13.8. The average Bonchev–Trinajstić information content (AvgIpc) is 2.75. The van der Waals surface area contributed by atoms with Crippen LogP contribution in [0.4, 0.5) is 0 Å². The van der Waals surface area contributed by atoms with E-state index in [2.05, 4.69) is 56.9 Å². The molecule has 1 heterocycles. The maximum atomic E-state index is 5.96. The molecule has 0 fully saturated rings. The third-order valence-electron chi connectivity index (χ3n) is 3.66. The number of thiophene rings is 1. The number of nitrogens with zero attached hydrogens (tertiary/aromatic N) is 1. The van der Waals surface area contributed by atoms with Gasteiger partial charge in [-0.3, -0.25) is 4.90 Å². The van der Waals surface area contributed by atoms with E-state index in [9.17, 15) is 0 Å². The minimum absolute atomic E-state index is 0.557. The van der Waals surface area contributed by atoms with Crippen LogP contribution < -0.4 is 5.73 Å². The van der Waals surface area contributed by atoms with E-state index in [1.165, 1.54) is 20.5 Å². The van der Waals surface area contributed by atoms with E-state index in [1.807, 2.05) is 11.3 Å². The standard InChI is InChI=1S/C17H26N2S/c1-12(2)10-19(13(3)4)11-15-14-7-5-6-8-16(14)20-17(15)9-18/h5-8,12-13H,9-11,18H2,1-4H3. The van der Waals surface area contributed by atoms with Crippen LogP contribution in [0.1, 0.15) is 38.1 Å². The van der Waals surface area contributed by atoms with Gasteiger partial charge in [-0.1, -0.05) is 32.0 Å². The van der Waals surface area contributed by atoms with Crippen LogP contribution in [-0.2, 0) is 13.1 Å². The summed E-state index contributed by atoms with van der Waals surface area (Å²) < 4.78 is 1.36. The summed E-state index contributed by atoms with van der Waals surface area (Å²) in [4.78, 5) is 3.89. The first-order chi connectivity index (χ1) is 9.52. The summed E-state index contributed by atoms with van der Waals surface area (Å²) in [7, 11) is 0. The monoisotopic (exact) mass is 290 g/mol. The highest BCUT2D eigenvalue weighted by molar-refractivity contribution is 7.19. The van der Waals surface area contributed by atoms with Crippen molar-refractivity contribution in [3.05, 3.63) is 34.7 Å². The summed E-state index contributed by atoms with van der Waals surface area (Å²) in [6, 6.07) is 9.22. The third kappa shape index (κ3) is 3.40. The average molecular weight is 290 g/mol. The quantitative estimate of drug-likeness (QED) is 0.863. The molecule has 0 atom stereocenters. The van der Waals surface area contributed by atoms with Gasteiger partial charge in [-0.05, 0) is 36.8 Å². The third-order valence-corrected chi connectivity index (χ3v) is 4.89. The predicted octanol–water partition coefficient (Wildman–Crippen LogP) is 4.23. The zero-order chi connectivity index (χ0) is 14.7. The normalized spacial score (nSPS) is 12.2. The number of nitrogens with two attached hydrogens (primary N) is 1. The van der Waals surface area contributed by atoms with Gasteiger partial charge in [-0.15, -0.1) is 11.3 Å². The lowest BCUT2D eigenvalue weighted by atomic mass is 10.1. The molecule has 0 saturated heterocycles. The van der Waals surface area contributed by atoms with E-state index in [-0.39, 0.29) is 0 Å². The van der Waals surface area contributed by atoms with Crippen LogP contribution >= 0.6 is 11.3 Å². The maximum absolute atomic E-state index is 5.96. The molecule has 0 unspecified atom stereocenters. The number of hydrogen-bond donors (Lipinski definition) is 1. The van der Waals surface area contributed by atoms with Gasteiger partial charge in [-0.25, -0.2) is 0 Å². The van der Waals surface area contributed by atoms with E-state index in [0.717, 1.165) is 13.1 Å². The summed E-state index contributed by atoms with van der Waals surface area (Å²) in [5.41, 5.74) is 7.39. The predicted molar refractivity (Wildman–Crippen MR) is 90.1 cm³/mol. The van der Waals surface area contributed by atoms with Gasteiger partial charge in [0.15, 0.2) is 0 Å². The van der Waals surface area contributed by atoms with Crippen LogP contribution in [0.5, 0.6) is 0 Å². The van der Waals surface area contributed by atoms with Gasteiger partial charge in [0, 0.05) is 35.3 Å². The number of benzene rings is 1. The Morgan fingerprint density at radius 1 is 1.15 bits per heavy atom. The number of rotatable bonds is 6. The smallest absolute Gasteiger partial charge is 0.0349 e. The zero-order valence-electron chi connectivity index (χ0n) is 13.0. The van der Waals surface area contributed by atoms with Gasteiger partial charge >= 0.3 is 0 Å². The molecule has 3 heteroatoms. The molecule has 110 valence electrons. The van der Waals surface area contributed by atoms with Crippen LogP contribution in [0.25, 0.3) is 10.1 Å². The fourth-order valence-electron chi connectivity index (χ4n) is 2.62. The Bertz CT molecular complexity index is 557. The Morgan fingerprint density at radius 2 is 1.85 bits per heavy atom. The van der Waals surface area contributed by atoms with Gasteiger partial charge in [0.1, 0.15) is 0 Å². The molecule has 2 N–H and O–H groups in total. The molecular weight excluding hydrogens is 264 g/mol. The van der Waals surface area contributed by atoms with E-state index in [4.69, 9.17) is 5.73 Å². The molecule has 0 spiro atoms. The van der Waals surface area contributed by atoms with Gasteiger partial charge < -0.3 is 5.73 Å². The molecule has 2 nitrogen and oxygen atoms in total. The first kappa shape index (κ1) is 15.5. The molecule has 2 rings (SSSR count). The summed E-state index contributed by atoms with van der Waals surface area (Å²) >= 11 is 1.84. The Morgan fingerprint density at radius 3 is 2.45 bits per heavy atom. The van der Waals surface area contributed by atoms with Gasteiger partial charge in [0.25, 0.3) is 0 Å². The Kier molecular flexibility index (Phi) is 5.19. The van der Waals surface area contributed by atoms with E-state index >= 15 is 0 Å². The molecule has 0 saturated carbocycles. The highest BCUT2D eigenvalue weighted by Crippen LogP contribution is 2.32. The summed E-state index contributed by atoms with van der Waals surface area (Å²) in [5, 5.41) is 1.38. The van der Waals surface area contributed by atoms with Crippen molar-refractivity contribution < 1.29 is 0 Å². The lowest BCUT2D eigenvalue weighted by Crippen LogP contribution is -2.33. The molecule has 0 aliphatic carbocycles. The molecule has 0 aliphatic heterocycles. The van der Waals surface area contributed by atoms with Crippen molar-refractivity contribution in [3.8, 4) is 0 Å². The van der Waals surface area contributed by atoms with Crippen molar-refractivity contribution in [1.82, 2.24) is 4.90 Å².